The monoisotopic (exact) mass is 307 g/mol. The van der Waals surface area contributed by atoms with Crippen molar-refractivity contribution in [1.29, 1.82) is 0 Å². The molecular weight excluding hydrogens is 286 g/mol. The molecule has 2 N–H and O–H groups in total. The van der Waals surface area contributed by atoms with Gasteiger partial charge in [0.1, 0.15) is 12.4 Å². The van der Waals surface area contributed by atoms with Crippen LogP contribution in [-0.4, -0.2) is 43.3 Å². The van der Waals surface area contributed by atoms with Crippen molar-refractivity contribution >= 4 is 11.9 Å². The Balaban J connectivity index is 1.96. The summed E-state index contributed by atoms with van der Waals surface area (Å²) < 4.78 is 10.5. The van der Waals surface area contributed by atoms with Crippen molar-refractivity contribution < 1.29 is 24.2 Å². The van der Waals surface area contributed by atoms with Crippen LogP contribution in [0.25, 0.3) is 0 Å². The van der Waals surface area contributed by atoms with E-state index in [4.69, 9.17) is 14.6 Å². The first-order valence-electron chi connectivity index (χ1n) is 7.36. The van der Waals surface area contributed by atoms with Gasteiger partial charge >= 0.3 is 5.97 Å². The molecule has 120 valence electrons. The Bertz CT molecular complexity index is 531. The number of ether oxygens (including phenoxy) is 2. The number of carbonyl (C=O) groups is 2. The van der Waals surface area contributed by atoms with Crippen LogP contribution in [0.2, 0.25) is 0 Å². The average Bonchev–Trinajstić information content (AvgIpc) is 2.97. The lowest BCUT2D eigenvalue weighted by Gasteiger charge is -2.15. The number of carboxylic acid groups (broad SMARTS) is 1. The molecule has 0 aliphatic heterocycles. The zero-order valence-corrected chi connectivity index (χ0v) is 12.6. The predicted molar refractivity (Wildman–Crippen MR) is 80.0 cm³/mol. The molecule has 0 unspecified atom stereocenters. The number of carboxylic acids is 1. The van der Waals surface area contributed by atoms with Crippen LogP contribution in [0.5, 0.6) is 5.75 Å². The second kappa shape index (κ2) is 7.79. The Labute approximate surface area is 129 Å². The number of hydrogen-bond donors (Lipinski definition) is 2. The number of nitrogens with one attached hydrogen (secondary N) is 1. The summed E-state index contributed by atoms with van der Waals surface area (Å²) in [6.07, 6.45) is 1.77. The lowest BCUT2D eigenvalue weighted by Crippen LogP contribution is -2.33. The maximum atomic E-state index is 12.4. The Hall–Kier alpha value is -2.08. The van der Waals surface area contributed by atoms with Crippen LogP contribution in [0.4, 0.5) is 0 Å². The maximum Gasteiger partial charge on any atom is 0.306 e. The molecule has 0 radical (unpaired) electrons. The molecule has 2 atom stereocenters. The molecule has 1 aromatic carbocycles. The highest BCUT2D eigenvalue weighted by atomic mass is 16.5. The van der Waals surface area contributed by atoms with Gasteiger partial charge in [-0.3, -0.25) is 9.59 Å². The van der Waals surface area contributed by atoms with Crippen LogP contribution in [0.3, 0.4) is 0 Å². The van der Waals surface area contributed by atoms with Crippen LogP contribution in [0.1, 0.15) is 29.6 Å². The summed E-state index contributed by atoms with van der Waals surface area (Å²) in [5.41, 5.74) is 0.456. The first-order chi connectivity index (χ1) is 10.6. The Morgan fingerprint density at radius 1 is 1.27 bits per heavy atom. The lowest BCUT2D eigenvalue weighted by atomic mass is 10.1. The summed E-state index contributed by atoms with van der Waals surface area (Å²) in [6, 6.07) is 6.91. The van der Waals surface area contributed by atoms with Gasteiger partial charge in [-0.2, -0.15) is 0 Å². The van der Waals surface area contributed by atoms with Crippen molar-refractivity contribution in [3.8, 4) is 5.75 Å². The summed E-state index contributed by atoms with van der Waals surface area (Å²) >= 11 is 0. The van der Waals surface area contributed by atoms with E-state index in [0.29, 0.717) is 43.8 Å². The zero-order valence-electron chi connectivity index (χ0n) is 12.6. The fraction of sp³-hybridized carbons (Fsp3) is 0.500. The Morgan fingerprint density at radius 2 is 2.05 bits per heavy atom. The normalized spacial score (nSPS) is 20.6. The molecule has 0 heterocycles. The number of benzene rings is 1. The molecule has 1 aromatic rings. The van der Waals surface area contributed by atoms with Crippen LogP contribution in [-0.2, 0) is 9.53 Å². The minimum Gasteiger partial charge on any atom is -0.490 e. The van der Waals surface area contributed by atoms with E-state index in [1.165, 1.54) is 0 Å². The smallest absolute Gasteiger partial charge is 0.306 e. The van der Waals surface area contributed by atoms with Crippen LogP contribution < -0.4 is 10.1 Å². The number of amides is 1. The summed E-state index contributed by atoms with van der Waals surface area (Å²) in [7, 11) is 1.58. The number of aliphatic carboxylic acids is 1. The fourth-order valence-corrected chi connectivity index (χ4v) is 2.62. The third kappa shape index (κ3) is 4.21. The van der Waals surface area contributed by atoms with E-state index < -0.39 is 5.97 Å². The Kier molecular flexibility index (Phi) is 5.77. The highest BCUT2D eigenvalue weighted by Crippen LogP contribution is 2.26. The fourth-order valence-electron chi connectivity index (χ4n) is 2.62. The van der Waals surface area contributed by atoms with Crippen molar-refractivity contribution in [1.82, 2.24) is 5.32 Å². The van der Waals surface area contributed by atoms with Crippen molar-refractivity contribution in [3.63, 3.8) is 0 Å². The van der Waals surface area contributed by atoms with Gasteiger partial charge in [0.25, 0.3) is 5.91 Å². The van der Waals surface area contributed by atoms with Gasteiger partial charge in [-0.15, -0.1) is 0 Å². The van der Waals surface area contributed by atoms with Crippen LogP contribution in [0.15, 0.2) is 24.3 Å². The third-order valence-electron chi connectivity index (χ3n) is 3.79. The van der Waals surface area contributed by atoms with Crippen molar-refractivity contribution in [3.05, 3.63) is 29.8 Å². The van der Waals surface area contributed by atoms with Gasteiger partial charge in [-0.1, -0.05) is 12.1 Å². The van der Waals surface area contributed by atoms with E-state index >= 15 is 0 Å². The SMILES string of the molecule is COCCOc1ccccc1C(=O)N[C@@H]1CC[C@H](C(=O)O)C1. The van der Waals surface area contributed by atoms with Gasteiger partial charge < -0.3 is 19.9 Å². The summed E-state index contributed by atoms with van der Waals surface area (Å²) in [5, 5.41) is 11.9. The largest absolute Gasteiger partial charge is 0.490 e. The molecule has 6 heteroatoms. The minimum atomic E-state index is -0.792. The molecule has 1 amide bonds. The standard InChI is InChI=1S/C16H21NO5/c1-21-8-9-22-14-5-3-2-4-13(14)15(18)17-12-7-6-11(10-12)16(19)20/h2-5,11-12H,6-10H2,1H3,(H,17,18)(H,19,20)/t11-,12+/m0/s1. The number of hydrogen-bond acceptors (Lipinski definition) is 4. The minimum absolute atomic E-state index is 0.0966. The third-order valence-corrected chi connectivity index (χ3v) is 3.79. The summed E-state index contributed by atoms with van der Waals surface area (Å²) in [4.78, 5) is 23.3. The molecular formula is C16H21NO5. The molecule has 0 spiro atoms. The maximum absolute atomic E-state index is 12.4. The van der Waals surface area contributed by atoms with Crippen molar-refractivity contribution in [2.75, 3.05) is 20.3 Å². The van der Waals surface area contributed by atoms with Crippen LogP contribution in [0, 0.1) is 5.92 Å². The molecule has 0 aromatic heterocycles. The van der Waals surface area contributed by atoms with Crippen molar-refractivity contribution in [2.45, 2.75) is 25.3 Å². The number of carbonyl (C=O) groups excluding carboxylic acids is 1. The second-order valence-electron chi connectivity index (χ2n) is 5.36. The average molecular weight is 307 g/mol. The highest BCUT2D eigenvalue weighted by molar-refractivity contribution is 5.97. The lowest BCUT2D eigenvalue weighted by molar-refractivity contribution is -0.141. The zero-order chi connectivity index (χ0) is 15.9. The van der Waals surface area contributed by atoms with Gasteiger partial charge in [0.05, 0.1) is 18.1 Å². The van der Waals surface area contributed by atoms with E-state index in [2.05, 4.69) is 5.32 Å². The van der Waals surface area contributed by atoms with Gasteiger partial charge in [-0.05, 0) is 31.4 Å². The Morgan fingerprint density at radius 3 is 2.73 bits per heavy atom. The molecule has 1 aliphatic carbocycles. The number of rotatable bonds is 7. The highest BCUT2D eigenvalue weighted by Gasteiger charge is 2.31. The quantitative estimate of drug-likeness (QED) is 0.749. The van der Waals surface area contributed by atoms with Crippen molar-refractivity contribution in [2.24, 2.45) is 5.92 Å². The molecule has 1 aliphatic rings. The number of para-hydroxylation sites is 1. The van der Waals surface area contributed by atoms with Gasteiger partial charge in [0.15, 0.2) is 0 Å². The molecule has 2 rings (SSSR count). The summed E-state index contributed by atoms with van der Waals surface area (Å²) in [6.45, 7) is 0.810. The van der Waals surface area contributed by atoms with E-state index in [1.54, 1.807) is 31.4 Å². The second-order valence-corrected chi connectivity index (χ2v) is 5.36. The topological polar surface area (TPSA) is 84.9 Å². The predicted octanol–water partition coefficient (Wildman–Crippen LogP) is 1.69. The van der Waals surface area contributed by atoms with E-state index in [9.17, 15) is 9.59 Å². The molecule has 22 heavy (non-hydrogen) atoms. The van der Waals surface area contributed by atoms with Gasteiger partial charge in [0, 0.05) is 13.2 Å². The number of methoxy groups -OCH3 is 1. The van der Waals surface area contributed by atoms with E-state index in [1.807, 2.05) is 0 Å². The van der Waals surface area contributed by atoms with Gasteiger partial charge in [0.2, 0.25) is 0 Å². The molecule has 0 saturated heterocycles. The van der Waals surface area contributed by atoms with Crippen LogP contribution >= 0.6 is 0 Å². The first kappa shape index (κ1) is 16.3. The first-order valence-corrected chi connectivity index (χ1v) is 7.36. The molecule has 1 fully saturated rings. The molecule has 6 nitrogen and oxygen atoms in total. The van der Waals surface area contributed by atoms with Gasteiger partial charge in [-0.25, -0.2) is 0 Å². The summed E-state index contributed by atoms with van der Waals surface area (Å²) in [5.74, 6) is -0.882. The van der Waals surface area contributed by atoms with E-state index in [0.717, 1.165) is 0 Å². The van der Waals surface area contributed by atoms with E-state index in [-0.39, 0.29) is 17.9 Å². The molecule has 1 saturated carbocycles. The molecule has 0 bridgehead atoms.